The second-order valence-corrected chi connectivity index (χ2v) is 7.01. The Morgan fingerprint density at radius 3 is 1.75 bits per heavy atom. The zero-order valence-electron chi connectivity index (χ0n) is 15.8. The summed E-state index contributed by atoms with van der Waals surface area (Å²) >= 11 is 0. The van der Waals surface area contributed by atoms with Gasteiger partial charge in [0.1, 0.15) is 6.73 Å². The molecule has 0 saturated carbocycles. The van der Waals surface area contributed by atoms with E-state index in [2.05, 4.69) is 9.80 Å². The molecule has 0 radical (unpaired) electrons. The van der Waals surface area contributed by atoms with Crippen LogP contribution in [0.4, 0.5) is 11.4 Å². The van der Waals surface area contributed by atoms with Crippen LogP contribution in [0.15, 0.2) is 48.5 Å². The minimum Gasteiger partial charge on any atom is -0.380 e. The van der Waals surface area contributed by atoms with E-state index in [1.807, 2.05) is 24.3 Å². The first-order valence-corrected chi connectivity index (χ1v) is 9.67. The smallest absolute Gasteiger partial charge is 0.233 e. The van der Waals surface area contributed by atoms with E-state index >= 15 is 0 Å². The van der Waals surface area contributed by atoms with E-state index in [1.165, 1.54) is 0 Å². The summed E-state index contributed by atoms with van der Waals surface area (Å²) in [6, 6.07) is 14.4. The van der Waals surface area contributed by atoms with Gasteiger partial charge in [-0.05, 0) is 55.0 Å². The van der Waals surface area contributed by atoms with Crippen LogP contribution in [0, 0.1) is 0 Å². The lowest BCUT2D eigenvalue weighted by molar-refractivity contribution is 0.0817. The molecule has 146 valence electrons. The van der Waals surface area contributed by atoms with Crippen molar-refractivity contribution in [1.29, 1.82) is 0 Å². The number of carbonyl (C=O) groups excluding carboxylic acids is 2. The molecule has 0 spiro atoms. The molecule has 2 aromatic rings. The molecule has 0 aromatic heterocycles. The van der Waals surface area contributed by atoms with Crippen molar-refractivity contribution in [3.63, 3.8) is 0 Å². The molecule has 0 bridgehead atoms. The molecule has 0 atom stereocenters. The zero-order chi connectivity index (χ0) is 19.3. The van der Waals surface area contributed by atoms with Gasteiger partial charge in [0.25, 0.3) is 0 Å². The minimum absolute atomic E-state index is 0.405. The largest absolute Gasteiger partial charge is 0.380 e. The topological polar surface area (TPSA) is 59.1 Å². The van der Waals surface area contributed by atoms with Gasteiger partial charge in [-0.2, -0.15) is 0 Å². The number of anilines is 2. The fourth-order valence-corrected chi connectivity index (χ4v) is 3.53. The maximum absolute atomic E-state index is 12.6. The third kappa shape index (κ3) is 4.08. The maximum Gasteiger partial charge on any atom is 0.233 e. The number of hydrogen-bond acceptors (Lipinski definition) is 6. The summed E-state index contributed by atoms with van der Waals surface area (Å²) in [6.45, 7) is 5.36. The van der Waals surface area contributed by atoms with Crippen LogP contribution >= 0.6 is 0 Å². The Kier molecular flexibility index (Phi) is 5.69. The summed E-state index contributed by atoms with van der Waals surface area (Å²) in [6.07, 6.45) is 0.985. The lowest BCUT2D eigenvalue weighted by Gasteiger charge is -2.22. The van der Waals surface area contributed by atoms with E-state index in [4.69, 9.17) is 9.47 Å². The van der Waals surface area contributed by atoms with E-state index in [1.54, 1.807) is 24.3 Å². The minimum atomic E-state index is -0.486. The predicted molar refractivity (Wildman–Crippen MR) is 107 cm³/mol. The van der Waals surface area contributed by atoms with Crippen LogP contribution in [0.2, 0.25) is 0 Å². The van der Waals surface area contributed by atoms with Crippen LogP contribution in [0.5, 0.6) is 0 Å². The van der Waals surface area contributed by atoms with Crippen molar-refractivity contribution in [2.45, 2.75) is 6.42 Å². The van der Waals surface area contributed by atoms with Crippen molar-refractivity contribution in [3.05, 3.63) is 59.7 Å². The molecular weight excluding hydrogens is 356 g/mol. The van der Waals surface area contributed by atoms with Gasteiger partial charge in [0.05, 0.1) is 13.2 Å². The molecule has 0 N–H and O–H groups in total. The Morgan fingerprint density at radius 1 is 0.643 bits per heavy atom. The number of nitrogens with zero attached hydrogens (tertiary/aromatic N) is 2. The average molecular weight is 380 g/mol. The van der Waals surface area contributed by atoms with Crippen molar-refractivity contribution in [2.24, 2.45) is 0 Å². The zero-order valence-corrected chi connectivity index (χ0v) is 15.8. The molecule has 28 heavy (non-hydrogen) atoms. The fourth-order valence-electron chi connectivity index (χ4n) is 3.53. The van der Waals surface area contributed by atoms with Gasteiger partial charge in [0.15, 0.2) is 0 Å². The molecule has 2 fully saturated rings. The van der Waals surface area contributed by atoms with Crippen LogP contribution in [-0.4, -0.2) is 57.8 Å². The number of benzene rings is 2. The van der Waals surface area contributed by atoms with Crippen LogP contribution in [0.25, 0.3) is 0 Å². The molecular formula is C22H24N2O4. The highest BCUT2D eigenvalue weighted by Crippen LogP contribution is 2.20. The van der Waals surface area contributed by atoms with E-state index in [0.29, 0.717) is 31.1 Å². The highest BCUT2D eigenvalue weighted by molar-refractivity contribution is 6.49. The van der Waals surface area contributed by atoms with E-state index in [-0.39, 0.29) is 0 Å². The van der Waals surface area contributed by atoms with E-state index < -0.39 is 11.6 Å². The quantitative estimate of drug-likeness (QED) is 0.587. The van der Waals surface area contributed by atoms with Gasteiger partial charge in [-0.3, -0.25) is 9.59 Å². The summed E-state index contributed by atoms with van der Waals surface area (Å²) < 4.78 is 10.8. The Labute approximate surface area is 164 Å². The van der Waals surface area contributed by atoms with Crippen molar-refractivity contribution < 1.29 is 19.1 Å². The third-order valence-corrected chi connectivity index (χ3v) is 5.17. The highest BCUT2D eigenvalue weighted by Gasteiger charge is 2.20. The molecule has 6 nitrogen and oxygen atoms in total. The van der Waals surface area contributed by atoms with Gasteiger partial charge < -0.3 is 19.3 Å². The Hall–Kier alpha value is -2.70. The SMILES string of the molecule is O=C(C(=O)c1ccc(N2CCOC2)cc1)c1ccc(N2CCCOCC2)cc1. The first-order valence-electron chi connectivity index (χ1n) is 9.67. The van der Waals surface area contributed by atoms with E-state index in [9.17, 15) is 9.59 Å². The number of Topliss-reactive ketones (excluding diaryl/α,β-unsaturated/α-hetero) is 2. The molecule has 0 amide bonds. The number of hydrogen-bond donors (Lipinski definition) is 0. The fraction of sp³-hybridized carbons (Fsp3) is 0.364. The van der Waals surface area contributed by atoms with Crippen molar-refractivity contribution in [3.8, 4) is 0 Å². The molecule has 2 aliphatic heterocycles. The summed E-state index contributed by atoms with van der Waals surface area (Å²) in [5, 5.41) is 0. The highest BCUT2D eigenvalue weighted by atomic mass is 16.5. The van der Waals surface area contributed by atoms with Crippen molar-refractivity contribution in [1.82, 2.24) is 0 Å². The molecule has 2 saturated heterocycles. The lowest BCUT2D eigenvalue weighted by atomic mass is 10.0. The van der Waals surface area contributed by atoms with Gasteiger partial charge in [0, 0.05) is 48.7 Å². The number of carbonyl (C=O) groups is 2. The van der Waals surface area contributed by atoms with E-state index in [0.717, 1.165) is 44.0 Å². The molecule has 0 unspecified atom stereocenters. The third-order valence-electron chi connectivity index (χ3n) is 5.17. The predicted octanol–water partition coefficient (Wildman–Crippen LogP) is 2.77. The van der Waals surface area contributed by atoms with Crippen LogP contribution < -0.4 is 9.80 Å². The Balaban J connectivity index is 1.43. The van der Waals surface area contributed by atoms with Gasteiger partial charge in [-0.1, -0.05) is 0 Å². The second kappa shape index (κ2) is 8.54. The number of ether oxygens (including phenoxy) is 2. The van der Waals surface area contributed by atoms with Crippen LogP contribution in [0.3, 0.4) is 0 Å². The normalized spacial score (nSPS) is 17.4. The summed E-state index contributed by atoms with van der Waals surface area (Å²) in [4.78, 5) is 29.5. The standard InChI is InChI=1S/C22H24N2O4/c25-21(17-2-6-19(7-3-17)23-10-1-13-27-14-11-23)22(26)18-4-8-20(9-5-18)24-12-15-28-16-24/h2-9H,1,10-16H2. The molecule has 0 aliphatic carbocycles. The second-order valence-electron chi connectivity index (χ2n) is 7.01. The summed E-state index contributed by atoms with van der Waals surface area (Å²) in [5.74, 6) is -0.969. The average Bonchev–Trinajstić information content (AvgIpc) is 3.15. The molecule has 6 heteroatoms. The number of rotatable bonds is 5. The van der Waals surface area contributed by atoms with Gasteiger partial charge in [-0.15, -0.1) is 0 Å². The summed E-state index contributed by atoms with van der Waals surface area (Å²) in [5.41, 5.74) is 2.86. The monoisotopic (exact) mass is 380 g/mol. The molecule has 2 heterocycles. The number of ketones is 2. The Morgan fingerprint density at radius 2 is 1.18 bits per heavy atom. The van der Waals surface area contributed by atoms with Gasteiger partial charge in [0.2, 0.25) is 11.6 Å². The van der Waals surface area contributed by atoms with Crippen molar-refractivity contribution in [2.75, 3.05) is 56.0 Å². The maximum atomic E-state index is 12.6. The molecule has 2 aliphatic rings. The lowest BCUT2D eigenvalue weighted by Crippen LogP contribution is -2.25. The first kappa shape index (κ1) is 18.7. The van der Waals surface area contributed by atoms with Crippen molar-refractivity contribution >= 4 is 22.9 Å². The van der Waals surface area contributed by atoms with Crippen LogP contribution in [-0.2, 0) is 9.47 Å². The van der Waals surface area contributed by atoms with Crippen LogP contribution in [0.1, 0.15) is 27.1 Å². The van der Waals surface area contributed by atoms with Gasteiger partial charge in [-0.25, -0.2) is 0 Å². The molecule has 4 rings (SSSR count). The molecule has 2 aromatic carbocycles. The first-order chi connectivity index (χ1) is 13.7. The van der Waals surface area contributed by atoms with Gasteiger partial charge >= 0.3 is 0 Å². The Bertz CT molecular complexity index is 819. The summed E-state index contributed by atoms with van der Waals surface area (Å²) in [7, 11) is 0.